The lowest BCUT2D eigenvalue weighted by atomic mass is 10.00. The van der Waals surface area contributed by atoms with Gasteiger partial charge in [0.25, 0.3) is 0 Å². The van der Waals surface area contributed by atoms with Gasteiger partial charge in [0.1, 0.15) is 0 Å². The molecule has 0 amide bonds. The van der Waals surface area contributed by atoms with E-state index >= 15 is 0 Å². The summed E-state index contributed by atoms with van der Waals surface area (Å²) in [5, 5.41) is 0. The molecule has 0 saturated carbocycles. The number of hydrogen-bond donors (Lipinski definition) is 0. The highest BCUT2D eigenvalue weighted by molar-refractivity contribution is 9.10. The van der Waals surface area contributed by atoms with E-state index in [1.807, 2.05) is 0 Å². The average Bonchev–Trinajstić information content (AvgIpc) is 2.27. The maximum Gasteiger partial charge on any atom is 0.0378 e. The second kappa shape index (κ2) is 4.99. The summed E-state index contributed by atoms with van der Waals surface area (Å²) >= 11 is 3.56. The molecule has 0 bridgehead atoms. The predicted octanol–water partition coefficient (Wildman–Crippen LogP) is 3.12. The van der Waals surface area contributed by atoms with Gasteiger partial charge in [-0.2, -0.15) is 0 Å². The zero-order valence-corrected chi connectivity index (χ0v) is 11.7. The van der Waals surface area contributed by atoms with Gasteiger partial charge in [-0.05, 0) is 50.6 Å². The lowest BCUT2D eigenvalue weighted by Crippen LogP contribution is -2.53. The molecule has 92 valence electrons. The summed E-state index contributed by atoms with van der Waals surface area (Å²) in [5.74, 6) is 0. The molecule has 1 aromatic rings. The predicted molar refractivity (Wildman–Crippen MR) is 75.6 cm³/mol. The van der Waals surface area contributed by atoms with Gasteiger partial charge < -0.3 is 4.90 Å². The first-order chi connectivity index (χ1) is 8.33. The molecule has 1 atom stereocenters. The minimum atomic E-state index is 0.788. The van der Waals surface area contributed by atoms with Crippen LogP contribution in [0.2, 0.25) is 0 Å². The second-order valence-electron chi connectivity index (χ2n) is 5.11. The van der Waals surface area contributed by atoms with E-state index in [9.17, 15) is 0 Å². The van der Waals surface area contributed by atoms with E-state index in [1.165, 1.54) is 55.6 Å². The number of rotatable bonds is 2. The normalized spacial score (nSPS) is 25.7. The minimum absolute atomic E-state index is 0.788. The van der Waals surface area contributed by atoms with Crippen LogP contribution in [-0.2, 0) is 0 Å². The number of nitrogens with zero attached hydrogens (tertiary/aromatic N) is 2. The summed E-state index contributed by atoms with van der Waals surface area (Å²) < 4.78 is 1.18. The van der Waals surface area contributed by atoms with Crippen LogP contribution >= 0.6 is 15.9 Å². The third-order valence-electron chi connectivity index (χ3n) is 3.98. The summed E-state index contributed by atoms with van der Waals surface area (Å²) in [6.07, 6.45) is 4.10. The van der Waals surface area contributed by atoms with Gasteiger partial charge in [0.05, 0.1) is 0 Å². The van der Waals surface area contributed by atoms with Crippen molar-refractivity contribution in [3.63, 3.8) is 0 Å². The Balaban J connectivity index is 1.70. The average molecular weight is 295 g/mol. The summed E-state index contributed by atoms with van der Waals surface area (Å²) in [6, 6.07) is 9.48. The molecule has 0 aliphatic carbocycles. The van der Waals surface area contributed by atoms with Crippen LogP contribution < -0.4 is 4.90 Å². The van der Waals surface area contributed by atoms with Crippen LogP contribution in [0.25, 0.3) is 0 Å². The quantitative estimate of drug-likeness (QED) is 0.827. The smallest absolute Gasteiger partial charge is 0.0378 e. The van der Waals surface area contributed by atoms with Crippen molar-refractivity contribution in [3.8, 4) is 0 Å². The SMILES string of the molecule is Brc1cccc(N2CCC[C@@H](N3CCC3)C2)c1. The Bertz CT molecular complexity index is 390. The fraction of sp³-hybridized carbons (Fsp3) is 0.571. The Hall–Kier alpha value is -0.540. The molecule has 1 aromatic carbocycles. The molecule has 3 heteroatoms. The van der Waals surface area contributed by atoms with Gasteiger partial charge in [0, 0.05) is 29.3 Å². The molecule has 3 rings (SSSR count). The van der Waals surface area contributed by atoms with Gasteiger partial charge in [-0.25, -0.2) is 0 Å². The van der Waals surface area contributed by atoms with Crippen molar-refractivity contribution < 1.29 is 0 Å². The maximum atomic E-state index is 3.56. The molecule has 0 radical (unpaired) electrons. The summed E-state index contributed by atoms with van der Waals surface area (Å²) in [6.45, 7) is 5.05. The molecule has 0 N–H and O–H groups in total. The zero-order chi connectivity index (χ0) is 11.7. The standard InChI is InChI=1S/C14H19BrN2/c15-12-4-1-5-13(10-12)17-7-2-6-14(11-17)16-8-3-9-16/h1,4-5,10,14H,2-3,6-9,11H2/t14-/m1/s1. The van der Waals surface area contributed by atoms with E-state index in [2.05, 4.69) is 50.0 Å². The topological polar surface area (TPSA) is 6.48 Å². The molecule has 2 aliphatic heterocycles. The Morgan fingerprint density at radius 3 is 2.71 bits per heavy atom. The molecule has 0 unspecified atom stereocenters. The molecule has 2 fully saturated rings. The highest BCUT2D eigenvalue weighted by Crippen LogP contribution is 2.26. The molecule has 0 spiro atoms. The van der Waals surface area contributed by atoms with E-state index in [1.54, 1.807) is 0 Å². The summed E-state index contributed by atoms with van der Waals surface area (Å²) in [5.41, 5.74) is 1.37. The first-order valence-electron chi connectivity index (χ1n) is 6.57. The first kappa shape index (κ1) is 11.5. The Morgan fingerprint density at radius 1 is 1.12 bits per heavy atom. The molecule has 2 heterocycles. The molecule has 2 saturated heterocycles. The van der Waals surface area contributed by atoms with Crippen molar-refractivity contribution in [2.24, 2.45) is 0 Å². The molecule has 2 aliphatic rings. The Kier molecular flexibility index (Phi) is 3.39. The van der Waals surface area contributed by atoms with Crippen molar-refractivity contribution in [1.29, 1.82) is 0 Å². The van der Waals surface area contributed by atoms with E-state index < -0.39 is 0 Å². The fourth-order valence-electron chi connectivity index (χ4n) is 2.87. The maximum absolute atomic E-state index is 3.56. The van der Waals surface area contributed by atoms with Crippen LogP contribution in [0.5, 0.6) is 0 Å². The molecule has 17 heavy (non-hydrogen) atoms. The van der Waals surface area contributed by atoms with Crippen LogP contribution in [0.4, 0.5) is 5.69 Å². The summed E-state index contributed by atoms with van der Waals surface area (Å²) in [7, 11) is 0. The number of benzene rings is 1. The van der Waals surface area contributed by atoms with Gasteiger partial charge in [0.2, 0.25) is 0 Å². The highest BCUT2D eigenvalue weighted by atomic mass is 79.9. The van der Waals surface area contributed by atoms with Crippen LogP contribution in [0.15, 0.2) is 28.7 Å². The van der Waals surface area contributed by atoms with Crippen molar-refractivity contribution in [1.82, 2.24) is 4.90 Å². The van der Waals surface area contributed by atoms with Gasteiger partial charge >= 0.3 is 0 Å². The number of piperidine rings is 1. The zero-order valence-electron chi connectivity index (χ0n) is 10.1. The Labute approximate surface area is 112 Å². The van der Waals surface area contributed by atoms with E-state index in [4.69, 9.17) is 0 Å². The van der Waals surface area contributed by atoms with Crippen molar-refractivity contribution in [3.05, 3.63) is 28.7 Å². The fourth-order valence-corrected chi connectivity index (χ4v) is 3.25. The van der Waals surface area contributed by atoms with Crippen molar-refractivity contribution in [2.45, 2.75) is 25.3 Å². The van der Waals surface area contributed by atoms with Crippen LogP contribution in [0, 0.1) is 0 Å². The van der Waals surface area contributed by atoms with E-state index in [-0.39, 0.29) is 0 Å². The Morgan fingerprint density at radius 2 is 2.00 bits per heavy atom. The number of halogens is 1. The minimum Gasteiger partial charge on any atom is -0.370 e. The number of hydrogen-bond acceptors (Lipinski definition) is 2. The van der Waals surface area contributed by atoms with Gasteiger partial charge in [-0.15, -0.1) is 0 Å². The summed E-state index contributed by atoms with van der Waals surface area (Å²) in [4.78, 5) is 5.18. The highest BCUT2D eigenvalue weighted by Gasteiger charge is 2.28. The molecular weight excluding hydrogens is 276 g/mol. The van der Waals surface area contributed by atoms with Gasteiger partial charge in [-0.1, -0.05) is 22.0 Å². The van der Waals surface area contributed by atoms with Crippen LogP contribution in [0.3, 0.4) is 0 Å². The van der Waals surface area contributed by atoms with Crippen molar-refractivity contribution >= 4 is 21.6 Å². The first-order valence-corrected chi connectivity index (χ1v) is 7.37. The van der Waals surface area contributed by atoms with Crippen molar-refractivity contribution in [2.75, 3.05) is 31.1 Å². The number of likely N-dealkylation sites (tertiary alicyclic amines) is 1. The third-order valence-corrected chi connectivity index (χ3v) is 4.47. The largest absolute Gasteiger partial charge is 0.370 e. The molecular formula is C14H19BrN2. The lowest BCUT2D eigenvalue weighted by Gasteiger charge is -2.44. The second-order valence-corrected chi connectivity index (χ2v) is 6.03. The molecule has 0 aromatic heterocycles. The number of anilines is 1. The van der Waals surface area contributed by atoms with Crippen LogP contribution in [0.1, 0.15) is 19.3 Å². The molecule has 2 nitrogen and oxygen atoms in total. The third kappa shape index (κ3) is 2.50. The monoisotopic (exact) mass is 294 g/mol. The van der Waals surface area contributed by atoms with Crippen LogP contribution in [-0.4, -0.2) is 37.1 Å². The van der Waals surface area contributed by atoms with E-state index in [0.717, 1.165) is 6.04 Å². The van der Waals surface area contributed by atoms with E-state index in [0.29, 0.717) is 0 Å². The van der Waals surface area contributed by atoms with Gasteiger partial charge in [0.15, 0.2) is 0 Å². The van der Waals surface area contributed by atoms with Gasteiger partial charge in [-0.3, -0.25) is 4.90 Å². The lowest BCUT2D eigenvalue weighted by molar-refractivity contribution is 0.106.